The molecule has 0 unspecified atom stereocenters. The number of nitro groups is 1. The highest BCUT2D eigenvalue weighted by atomic mass is 32.1. The van der Waals surface area contributed by atoms with Crippen molar-refractivity contribution in [3.05, 3.63) is 91.8 Å². The summed E-state index contributed by atoms with van der Waals surface area (Å²) in [7, 11) is 0. The second-order valence-electron chi connectivity index (χ2n) is 10.1. The van der Waals surface area contributed by atoms with Crippen LogP contribution in [0.1, 0.15) is 64.8 Å². The van der Waals surface area contributed by atoms with E-state index >= 15 is 0 Å². The number of alkyl halides is 3. The minimum atomic E-state index is -4.59. The van der Waals surface area contributed by atoms with Gasteiger partial charge < -0.3 is 15.4 Å². The maximum atomic E-state index is 14.0. The van der Waals surface area contributed by atoms with Gasteiger partial charge in [-0.1, -0.05) is 32.0 Å². The number of aryl methyl sites for hydroxylation is 1. The Kier molecular flexibility index (Phi) is 7.47. The highest BCUT2D eigenvalue weighted by molar-refractivity contribution is 7.10. The standard InChI is InChI=1S/C28H26F3N5O4S/c1-15(2)20-7-6-16(3)9-23(20)40-19-11-17(10-18(12-19)36(38)39)32-27(37)22-14-26-33-21(24-5-4-8-41-24)13-25(28(29,30)31)35(26)34-22/h4-12,14-15,21,25,33H,13H2,1-3H3,(H,32,37)/t21-,25-/m0/s1. The molecule has 2 N–H and O–H groups in total. The van der Waals surface area contributed by atoms with Crippen molar-refractivity contribution in [2.75, 3.05) is 10.6 Å². The van der Waals surface area contributed by atoms with Gasteiger partial charge in [-0.3, -0.25) is 14.9 Å². The van der Waals surface area contributed by atoms with E-state index in [-0.39, 0.29) is 41.0 Å². The van der Waals surface area contributed by atoms with Gasteiger partial charge in [0.25, 0.3) is 11.6 Å². The lowest BCUT2D eigenvalue weighted by molar-refractivity contribution is -0.384. The molecular formula is C28H26F3N5O4S. The zero-order valence-electron chi connectivity index (χ0n) is 22.2. The molecule has 13 heteroatoms. The van der Waals surface area contributed by atoms with Crippen molar-refractivity contribution < 1.29 is 27.6 Å². The van der Waals surface area contributed by atoms with Crippen LogP contribution in [0.3, 0.4) is 0 Å². The van der Waals surface area contributed by atoms with Gasteiger partial charge in [0.15, 0.2) is 11.7 Å². The number of hydrogen-bond donors (Lipinski definition) is 2. The Morgan fingerprint density at radius 1 is 1.22 bits per heavy atom. The summed E-state index contributed by atoms with van der Waals surface area (Å²) in [5.41, 5.74) is 1.24. The first kappa shape index (κ1) is 28.1. The molecule has 3 heterocycles. The minimum absolute atomic E-state index is 0.0284. The van der Waals surface area contributed by atoms with Crippen LogP contribution >= 0.6 is 11.3 Å². The van der Waals surface area contributed by atoms with Gasteiger partial charge in [-0.05, 0) is 41.5 Å². The Bertz CT molecular complexity index is 1600. The van der Waals surface area contributed by atoms with Crippen molar-refractivity contribution in [1.29, 1.82) is 0 Å². The van der Waals surface area contributed by atoms with E-state index in [1.807, 2.05) is 39.0 Å². The molecule has 5 rings (SSSR count). The van der Waals surface area contributed by atoms with Crippen molar-refractivity contribution in [2.45, 2.75) is 51.4 Å². The molecule has 2 atom stereocenters. The van der Waals surface area contributed by atoms with Crippen LogP contribution in [0.15, 0.2) is 60.0 Å². The molecule has 0 radical (unpaired) electrons. The Morgan fingerprint density at radius 3 is 2.66 bits per heavy atom. The van der Waals surface area contributed by atoms with E-state index < -0.39 is 29.1 Å². The molecule has 0 aliphatic carbocycles. The number of carbonyl (C=O) groups is 1. The molecule has 1 aliphatic heterocycles. The van der Waals surface area contributed by atoms with Crippen molar-refractivity contribution in [1.82, 2.24) is 9.78 Å². The number of non-ortho nitro benzene ring substituents is 1. The van der Waals surface area contributed by atoms with Crippen LogP contribution in [0, 0.1) is 17.0 Å². The van der Waals surface area contributed by atoms with Crippen LogP contribution < -0.4 is 15.4 Å². The van der Waals surface area contributed by atoms with E-state index in [1.165, 1.54) is 29.5 Å². The number of hydrogen-bond acceptors (Lipinski definition) is 7. The summed E-state index contributed by atoms with van der Waals surface area (Å²) in [5.74, 6) is -0.0326. The molecule has 2 aromatic carbocycles. The zero-order chi connectivity index (χ0) is 29.5. The smallest absolute Gasteiger partial charge is 0.410 e. The third-order valence-corrected chi connectivity index (χ3v) is 7.67. The summed E-state index contributed by atoms with van der Waals surface area (Å²) in [4.78, 5) is 24.9. The maximum Gasteiger partial charge on any atom is 0.410 e. The number of nitro benzene ring substituents is 1. The molecule has 41 heavy (non-hydrogen) atoms. The Morgan fingerprint density at radius 2 is 2.00 bits per heavy atom. The van der Waals surface area contributed by atoms with Gasteiger partial charge in [0, 0.05) is 29.5 Å². The summed E-state index contributed by atoms with van der Waals surface area (Å²) >= 11 is 1.33. The highest BCUT2D eigenvalue weighted by Crippen LogP contribution is 2.44. The van der Waals surface area contributed by atoms with Crippen LogP contribution in [0.2, 0.25) is 0 Å². The molecular weight excluding hydrogens is 559 g/mol. The number of rotatable bonds is 7. The highest BCUT2D eigenvalue weighted by Gasteiger charge is 2.47. The van der Waals surface area contributed by atoms with Crippen LogP contribution in [0.5, 0.6) is 11.5 Å². The topological polar surface area (TPSA) is 111 Å². The minimum Gasteiger partial charge on any atom is -0.457 e. The van der Waals surface area contributed by atoms with E-state index in [2.05, 4.69) is 15.7 Å². The van der Waals surface area contributed by atoms with Crippen molar-refractivity contribution >= 4 is 34.4 Å². The number of nitrogens with zero attached hydrogens (tertiary/aromatic N) is 3. The summed E-state index contributed by atoms with van der Waals surface area (Å²) in [6.07, 6.45) is -4.88. The Balaban J connectivity index is 1.44. The average molecular weight is 586 g/mol. The third kappa shape index (κ3) is 6.04. The predicted octanol–water partition coefficient (Wildman–Crippen LogP) is 7.99. The monoisotopic (exact) mass is 585 g/mol. The summed E-state index contributed by atoms with van der Waals surface area (Å²) < 4.78 is 48.7. The van der Waals surface area contributed by atoms with Gasteiger partial charge in [-0.2, -0.15) is 18.3 Å². The molecule has 1 amide bonds. The fourth-order valence-electron chi connectivity index (χ4n) is 4.71. The van der Waals surface area contributed by atoms with Gasteiger partial charge in [-0.15, -0.1) is 11.3 Å². The number of thiophene rings is 1. The first-order valence-corrected chi connectivity index (χ1v) is 13.6. The van der Waals surface area contributed by atoms with Gasteiger partial charge in [-0.25, -0.2) is 4.68 Å². The SMILES string of the molecule is Cc1ccc(C(C)C)c(Oc2cc(NC(=O)c3cc4n(n3)[C@H](C(F)(F)F)C[C@@H](c3cccs3)N4)cc([N+](=O)[O-])c2)c1. The van der Waals surface area contributed by atoms with Crippen LogP contribution in [0.25, 0.3) is 0 Å². The van der Waals surface area contributed by atoms with Gasteiger partial charge in [0.2, 0.25) is 0 Å². The molecule has 0 spiro atoms. The van der Waals surface area contributed by atoms with E-state index in [1.54, 1.807) is 17.5 Å². The summed E-state index contributed by atoms with van der Waals surface area (Å²) in [6, 6.07) is 11.7. The average Bonchev–Trinajstić information content (AvgIpc) is 3.57. The summed E-state index contributed by atoms with van der Waals surface area (Å²) in [6.45, 7) is 5.87. The second kappa shape index (κ2) is 10.9. The summed E-state index contributed by atoms with van der Waals surface area (Å²) in [5, 5.41) is 22.9. The fourth-order valence-corrected chi connectivity index (χ4v) is 5.50. The third-order valence-electron chi connectivity index (χ3n) is 6.69. The number of carbonyl (C=O) groups excluding carboxylic acids is 1. The molecule has 2 aromatic heterocycles. The lowest BCUT2D eigenvalue weighted by Gasteiger charge is -2.32. The van der Waals surface area contributed by atoms with E-state index in [4.69, 9.17) is 4.74 Å². The molecule has 214 valence electrons. The molecule has 0 saturated carbocycles. The predicted molar refractivity (Wildman–Crippen MR) is 149 cm³/mol. The van der Waals surface area contributed by atoms with Crippen LogP contribution in [-0.4, -0.2) is 26.8 Å². The first-order valence-electron chi connectivity index (χ1n) is 12.7. The zero-order valence-corrected chi connectivity index (χ0v) is 23.0. The number of nitrogens with one attached hydrogen (secondary N) is 2. The van der Waals surface area contributed by atoms with E-state index in [9.17, 15) is 28.1 Å². The van der Waals surface area contributed by atoms with Gasteiger partial charge in [0.05, 0.1) is 22.7 Å². The van der Waals surface area contributed by atoms with Gasteiger partial charge in [0.1, 0.15) is 17.3 Å². The molecule has 9 nitrogen and oxygen atoms in total. The molecule has 1 aliphatic rings. The lowest BCUT2D eigenvalue weighted by Crippen LogP contribution is -2.35. The number of halogens is 3. The lowest BCUT2D eigenvalue weighted by atomic mass is 10.0. The number of fused-ring (bicyclic) bond motifs is 1. The first-order chi connectivity index (χ1) is 19.4. The second-order valence-corrected chi connectivity index (χ2v) is 11.1. The van der Waals surface area contributed by atoms with Crippen molar-refractivity contribution in [3.63, 3.8) is 0 Å². The van der Waals surface area contributed by atoms with E-state index in [0.29, 0.717) is 5.75 Å². The maximum absolute atomic E-state index is 14.0. The largest absolute Gasteiger partial charge is 0.457 e. The number of ether oxygens (including phenoxy) is 1. The Labute approximate surface area is 237 Å². The Hall–Kier alpha value is -4.39. The van der Waals surface area contributed by atoms with Crippen molar-refractivity contribution in [2.24, 2.45) is 0 Å². The fraction of sp³-hybridized carbons (Fsp3) is 0.286. The van der Waals surface area contributed by atoms with Gasteiger partial charge >= 0.3 is 6.18 Å². The number of benzene rings is 2. The molecule has 0 fully saturated rings. The van der Waals surface area contributed by atoms with E-state index in [0.717, 1.165) is 26.8 Å². The number of amides is 1. The van der Waals surface area contributed by atoms with Crippen LogP contribution in [-0.2, 0) is 0 Å². The van der Waals surface area contributed by atoms with Crippen molar-refractivity contribution in [3.8, 4) is 11.5 Å². The molecule has 0 saturated heterocycles. The molecule has 4 aromatic rings. The number of anilines is 2. The molecule has 0 bridgehead atoms. The normalized spacial score (nSPS) is 16.7. The quantitative estimate of drug-likeness (QED) is 0.168. The van der Waals surface area contributed by atoms with Crippen LogP contribution in [0.4, 0.5) is 30.4 Å². The number of aromatic nitrogens is 2.